The molecule has 11 heteroatoms. The lowest BCUT2D eigenvalue weighted by Gasteiger charge is -2.23. The van der Waals surface area contributed by atoms with Gasteiger partial charge in [0.15, 0.2) is 5.13 Å². The smallest absolute Gasteiger partial charge is 0.266 e. The Bertz CT molecular complexity index is 1500. The monoisotopic (exact) mass is 673 g/mol. The van der Waals surface area contributed by atoms with Gasteiger partial charge in [0, 0.05) is 46.1 Å². The van der Waals surface area contributed by atoms with Crippen molar-refractivity contribution in [2.45, 2.75) is 70.3 Å². The molecule has 6 nitrogen and oxygen atoms in total. The molecule has 2 aliphatic rings. The highest BCUT2D eigenvalue weighted by molar-refractivity contribution is 8.26. The van der Waals surface area contributed by atoms with Crippen molar-refractivity contribution in [3.05, 3.63) is 79.6 Å². The maximum absolute atomic E-state index is 13.2. The number of unbranched alkanes of at least 4 members (excludes halogenated alkanes) is 2. The molecule has 0 unspecified atom stereocenters. The summed E-state index contributed by atoms with van der Waals surface area (Å²) in [7, 11) is 0. The van der Waals surface area contributed by atoms with E-state index in [0.29, 0.717) is 50.2 Å². The number of ether oxygens (including phenoxy) is 1. The molecule has 2 heterocycles. The number of hydrogen-bond donors (Lipinski definition) is 1. The number of hydrogen-bond acceptors (Lipinski definition) is 7. The van der Waals surface area contributed by atoms with Crippen molar-refractivity contribution < 1.29 is 14.3 Å². The molecular formula is C32H33Cl2N3O3S3. The van der Waals surface area contributed by atoms with E-state index in [1.165, 1.54) is 42.4 Å². The summed E-state index contributed by atoms with van der Waals surface area (Å²) in [6, 6.07) is 13.3. The number of carbonyl (C=O) groups excluding carboxylic acids is 2. The first kappa shape index (κ1) is 32.0. The molecule has 0 radical (unpaired) electrons. The second-order valence-corrected chi connectivity index (χ2v) is 14.3. The topological polar surface area (TPSA) is 71.5 Å². The van der Waals surface area contributed by atoms with Gasteiger partial charge in [-0.1, -0.05) is 78.2 Å². The molecule has 0 spiro atoms. The van der Waals surface area contributed by atoms with E-state index in [1.807, 2.05) is 36.4 Å². The number of para-hydroxylation sites is 1. The third kappa shape index (κ3) is 9.05. The average Bonchev–Trinajstić information content (AvgIpc) is 3.54. The first-order valence-electron chi connectivity index (χ1n) is 14.6. The largest absolute Gasteiger partial charge is 0.490 e. The van der Waals surface area contributed by atoms with Crippen LogP contribution in [0.3, 0.4) is 0 Å². The number of thiazole rings is 1. The van der Waals surface area contributed by atoms with Crippen LogP contribution in [-0.2, 0) is 16.0 Å². The number of benzene rings is 2. The van der Waals surface area contributed by atoms with E-state index in [0.717, 1.165) is 47.4 Å². The number of carbonyl (C=O) groups is 2. The highest BCUT2D eigenvalue weighted by Gasteiger charge is 2.31. The standard InChI is InChI=1S/C32H33Cl2N3O3S3/c33-23-14-15-26(34)22(17-23)18-25-20-35-31(42-25)36-29(38)13-5-2-8-16-37-30(39)28(43-32(37)41)19-21-9-6-7-12-27(21)40-24-10-3-1-4-11-24/h6-7,9,12,14-15,17,19-20,24H,1-5,8,10-11,13,16,18H2,(H,35,36,38)/b28-19-. The van der Waals surface area contributed by atoms with Crippen LogP contribution in [0.25, 0.3) is 6.08 Å². The Morgan fingerprint density at radius 1 is 1.12 bits per heavy atom. The van der Waals surface area contributed by atoms with E-state index in [2.05, 4.69) is 10.3 Å². The molecule has 1 saturated heterocycles. The fourth-order valence-electron chi connectivity index (χ4n) is 5.13. The summed E-state index contributed by atoms with van der Waals surface area (Å²) in [5, 5.41) is 4.72. The molecule has 2 aromatic carbocycles. The molecule has 1 aliphatic heterocycles. The zero-order valence-corrected chi connectivity index (χ0v) is 27.6. The number of nitrogens with zero attached hydrogens (tertiary/aromatic N) is 2. The molecule has 2 amide bonds. The lowest BCUT2D eigenvalue weighted by atomic mass is 9.97. The second kappa shape index (κ2) is 15.5. The molecule has 1 aromatic heterocycles. The molecular weight excluding hydrogens is 641 g/mol. The van der Waals surface area contributed by atoms with Gasteiger partial charge in [0.05, 0.1) is 11.0 Å². The van der Waals surface area contributed by atoms with Crippen LogP contribution in [-0.4, -0.2) is 38.7 Å². The Labute approximate surface area is 276 Å². The van der Waals surface area contributed by atoms with Crippen LogP contribution < -0.4 is 10.1 Å². The van der Waals surface area contributed by atoms with Gasteiger partial charge in [0.1, 0.15) is 10.1 Å². The minimum absolute atomic E-state index is 0.0705. The summed E-state index contributed by atoms with van der Waals surface area (Å²) in [5.74, 6) is 0.667. The van der Waals surface area contributed by atoms with Gasteiger partial charge in [-0.3, -0.25) is 14.5 Å². The van der Waals surface area contributed by atoms with Gasteiger partial charge in [0.25, 0.3) is 5.91 Å². The van der Waals surface area contributed by atoms with Gasteiger partial charge in [-0.2, -0.15) is 0 Å². The van der Waals surface area contributed by atoms with Crippen molar-refractivity contribution in [2.75, 3.05) is 11.9 Å². The van der Waals surface area contributed by atoms with Gasteiger partial charge in [0.2, 0.25) is 5.91 Å². The summed E-state index contributed by atoms with van der Waals surface area (Å²) in [6.45, 7) is 0.533. The predicted molar refractivity (Wildman–Crippen MR) is 182 cm³/mol. The molecule has 2 fully saturated rings. The molecule has 1 saturated carbocycles. The van der Waals surface area contributed by atoms with E-state index in [9.17, 15) is 9.59 Å². The Morgan fingerprint density at radius 2 is 1.93 bits per heavy atom. The third-order valence-corrected chi connectivity index (χ3v) is 10.3. The number of thiocarbonyl (C=S) groups is 1. The molecule has 0 atom stereocenters. The fourth-order valence-corrected chi connectivity index (χ4v) is 7.66. The van der Waals surface area contributed by atoms with E-state index >= 15 is 0 Å². The van der Waals surface area contributed by atoms with E-state index in [1.54, 1.807) is 23.2 Å². The van der Waals surface area contributed by atoms with Gasteiger partial charge in [-0.25, -0.2) is 4.98 Å². The summed E-state index contributed by atoms with van der Waals surface area (Å²) in [6.07, 6.45) is 12.9. The average molecular weight is 675 g/mol. The molecule has 3 aromatic rings. The summed E-state index contributed by atoms with van der Waals surface area (Å²) < 4.78 is 6.88. The van der Waals surface area contributed by atoms with Gasteiger partial charge in [-0.05, 0) is 74.4 Å². The van der Waals surface area contributed by atoms with Crippen molar-refractivity contribution in [1.82, 2.24) is 9.88 Å². The van der Waals surface area contributed by atoms with Crippen LogP contribution in [0.4, 0.5) is 5.13 Å². The molecule has 226 valence electrons. The normalized spacial score (nSPS) is 16.7. The molecule has 1 aliphatic carbocycles. The van der Waals surface area contributed by atoms with Crippen molar-refractivity contribution in [2.24, 2.45) is 0 Å². The predicted octanol–water partition coefficient (Wildman–Crippen LogP) is 9.15. The first-order valence-corrected chi connectivity index (χ1v) is 17.3. The SMILES string of the molecule is O=C(CCCCCN1C(=O)/C(=C/c2ccccc2OC2CCCCC2)SC1=S)Nc1ncc(Cc2cc(Cl)ccc2Cl)s1. The quantitative estimate of drug-likeness (QED) is 0.117. The number of thioether (sulfide) groups is 1. The molecule has 1 N–H and O–H groups in total. The summed E-state index contributed by atoms with van der Waals surface area (Å²) in [4.78, 5) is 33.2. The van der Waals surface area contributed by atoms with Crippen LogP contribution in [0, 0.1) is 0 Å². The van der Waals surface area contributed by atoms with Crippen LogP contribution in [0.1, 0.15) is 73.8 Å². The van der Waals surface area contributed by atoms with Crippen LogP contribution in [0.2, 0.25) is 10.0 Å². The fraction of sp³-hybridized carbons (Fsp3) is 0.375. The summed E-state index contributed by atoms with van der Waals surface area (Å²) in [5.41, 5.74) is 1.82. The lowest BCUT2D eigenvalue weighted by Crippen LogP contribution is -2.29. The van der Waals surface area contributed by atoms with Crippen molar-refractivity contribution >= 4 is 85.9 Å². The Balaban J connectivity index is 1.05. The Kier molecular flexibility index (Phi) is 11.5. The van der Waals surface area contributed by atoms with Crippen molar-refractivity contribution in [3.8, 4) is 5.75 Å². The number of halogens is 2. The number of amides is 2. The van der Waals surface area contributed by atoms with Gasteiger partial charge >= 0.3 is 0 Å². The van der Waals surface area contributed by atoms with Gasteiger partial charge < -0.3 is 10.1 Å². The number of nitrogens with one attached hydrogen (secondary N) is 1. The zero-order chi connectivity index (χ0) is 30.2. The molecule has 5 rings (SSSR count). The third-order valence-electron chi connectivity index (χ3n) is 7.38. The zero-order valence-electron chi connectivity index (χ0n) is 23.7. The maximum Gasteiger partial charge on any atom is 0.266 e. The second-order valence-electron chi connectivity index (χ2n) is 10.7. The van der Waals surface area contributed by atoms with Crippen molar-refractivity contribution in [3.63, 3.8) is 0 Å². The van der Waals surface area contributed by atoms with E-state index in [-0.39, 0.29) is 17.9 Å². The first-order chi connectivity index (χ1) is 20.9. The highest BCUT2D eigenvalue weighted by Crippen LogP contribution is 2.35. The number of aromatic nitrogens is 1. The summed E-state index contributed by atoms with van der Waals surface area (Å²) >= 11 is 20.7. The van der Waals surface area contributed by atoms with Gasteiger partial charge in [-0.15, -0.1) is 11.3 Å². The van der Waals surface area contributed by atoms with Crippen LogP contribution in [0.15, 0.2) is 53.6 Å². The minimum Gasteiger partial charge on any atom is -0.490 e. The maximum atomic E-state index is 13.2. The Morgan fingerprint density at radius 3 is 2.77 bits per heavy atom. The van der Waals surface area contributed by atoms with Crippen molar-refractivity contribution in [1.29, 1.82) is 0 Å². The number of anilines is 1. The molecule has 0 bridgehead atoms. The van der Waals surface area contributed by atoms with Crippen LogP contribution in [0.5, 0.6) is 5.75 Å². The van der Waals surface area contributed by atoms with Crippen LogP contribution >= 0.6 is 58.5 Å². The highest BCUT2D eigenvalue weighted by atomic mass is 35.5. The lowest BCUT2D eigenvalue weighted by molar-refractivity contribution is -0.122. The van der Waals surface area contributed by atoms with E-state index < -0.39 is 0 Å². The Hall–Kier alpha value is -2.43. The number of rotatable bonds is 12. The minimum atomic E-state index is -0.0793. The van der Waals surface area contributed by atoms with E-state index in [4.69, 9.17) is 40.2 Å². The molecule has 43 heavy (non-hydrogen) atoms.